The summed E-state index contributed by atoms with van der Waals surface area (Å²) < 4.78 is 5.85. The van der Waals surface area contributed by atoms with Gasteiger partial charge in [-0.15, -0.1) is 0 Å². The number of fused-ring (bicyclic) bond motifs is 1. The lowest BCUT2D eigenvalue weighted by atomic mass is 9.82. The summed E-state index contributed by atoms with van der Waals surface area (Å²) in [7, 11) is 0. The Morgan fingerprint density at radius 2 is 1.54 bits per heavy atom. The molecule has 1 heterocycles. The Kier molecular flexibility index (Phi) is 4.83. The van der Waals surface area contributed by atoms with Crippen LogP contribution < -0.4 is 4.74 Å². The van der Waals surface area contributed by atoms with E-state index in [1.165, 1.54) is 11.1 Å². The maximum absolute atomic E-state index is 12.8. The third kappa shape index (κ3) is 3.55. The van der Waals surface area contributed by atoms with Gasteiger partial charge in [0.2, 0.25) is 0 Å². The highest BCUT2D eigenvalue weighted by Gasteiger charge is 2.28. The molecule has 0 N–H and O–H groups in total. The predicted molar refractivity (Wildman–Crippen MR) is 104 cm³/mol. The molecule has 2 nitrogen and oxygen atoms in total. The van der Waals surface area contributed by atoms with Crippen molar-refractivity contribution in [1.29, 1.82) is 0 Å². The van der Waals surface area contributed by atoms with Gasteiger partial charge in [0.15, 0.2) is 5.78 Å². The van der Waals surface area contributed by atoms with E-state index in [-0.39, 0.29) is 11.7 Å². The first-order chi connectivity index (χ1) is 12.8. The highest BCUT2D eigenvalue weighted by atomic mass is 16.5. The van der Waals surface area contributed by atoms with E-state index in [9.17, 15) is 4.79 Å². The number of ketones is 1. The molecule has 0 aliphatic carbocycles. The number of benzene rings is 3. The van der Waals surface area contributed by atoms with Crippen LogP contribution in [0.4, 0.5) is 0 Å². The van der Waals surface area contributed by atoms with E-state index >= 15 is 0 Å². The van der Waals surface area contributed by atoms with E-state index in [0.717, 1.165) is 17.7 Å². The molecule has 0 saturated heterocycles. The quantitative estimate of drug-likeness (QED) is 0.544. The molecule has 0 radical (unpaired) electrons. The maximum atomic E-state index is 12.8. The SMILES string of the molecule is O=C(CC(CC1COc2ccccc21)c1ccccc1)c1ccccc1. The average molecular weight is 342 g/mol. The number of Topliss-reactive ketones (excluding diaryl/α,β-unsaturated/α-hetero) is 1. The van der Waals surface area contributed by atoms with Crippen LogP contribution in [0.5, 0.6) is 5.75 Å². The number of carbonyl (C=O) groups is 1. The van der Waals surface area contributed by atoms with Gasteiger partial charge in [-0.3, -0.25) is 4.79 Å². The van der Waals surface area contributed by atoms with Gasteiger partial charge in [-0.2, -0.15) is 0 Å². The van der Waals surface area contributed by atoms with E-state index in [1.807, 2.05) is 48.5 Å². The normalized spacial score (nSPS) is 16.5. The van der Waals surface area contributed by atoms with Crippen molar-refractivity contribution in [2.45, 2.75) is 24.7 Å². The molecule has 0 amide bonds. The summed E-state index contributed by atoms with van der Waals surface area (Å²) in [5.41, 5.74) is 3.28. The molecule has 1 aliphatic heterocycles. The summed E-state index contributed by atoms with van der Waals surface area (Å²) in [6.45, 7) is 0.697. The summed E-state index contributed by atoms with van der Waals surface area (Å²) in [4.78, 5) is 12.8. The smallest absolute Gasteiger partial charge is 0.163 e. The zero-order valence-corrected chi connectivity index (χ0v) is 14.7. The monoisotopic (exact) mass is 342 g/mol. The Morgan fingerprint density at radius 1 is 0.885 bits per heavy atom. The van der Waals surface area contributed by atoms with Crippen LogP contribution in [0.1, 0.15) is 46.2 Å². The molecule has 0 spiro atoms. The largest absolute Gasteiger partial charge is 0.493 e. The molecule has 0 fully saturated rings. The van der Waals surface area contributed by atoms with Gasteiger partial charge in [-0.05, 0) is 24.0 Å². The number of hydrogen-bond acceptors (Lipinski definition) is 2. The summed E-state index contributed by atoms with van der Waals surface area (Å²) in [5.74, 6) is 1.70. The van der Waals surface area contributed by atoms with Crippen LogP contribution in [0.3, 0.4) is 0 Å². The van der Waals surface area contributed by atoms with Crippen LogP contribution in [0.2, 0.25) is 0 Å². The lowest BCUT2D eigenvalue weighted by molar-refractivity contribution is 0.0970. The topological polar surface area (TPSA) is 26.3 Å². The van der Waals surface area contributed by atoms with Gasteiger partial charge in [0.05, 0.1) is 6.61 Å². The molecule has 0 bridgehead atoms. The van der Waals surface area contributed by atoms with Gasteiger partial charge in [0.25, 0.3) is 0 Å². The summed E-state index contributed by atoms with van der Waals surface area (Å²) in [5, 5.41) is 0. The van der Waals surface area contributed by atoms with E-state index in [1.54, 1.807) is 0 Å². The van der Waals surface area contributed by atoms with Crippen LogP contribution in [0, 0.1) is 0 Å². The summed E-state index contributed by atoms with van der Waals surface area (Å²) in [6, 6.07) is 28.2. The molecule has 1 aliphatic rings. The molecule has 0 saturated carbocycles. The third-order valence-corrected chi connectivity index (χ3v) is 5.17. The van der Waals surface area contributed by atoms with Crippen LogP contribution in [0.15, 0.2) is 84.9 Å². The highest BCUT2D eigenvalue weighted by Crippen LogP contribution is 2.40. The summed E-state index contributed by atoms with van der Waals surface area (Å²) in [6.07, 6.45) is 1.44. The van der Waals surface area contributed by atoms with E-state index in [0.29, 0.717) is 18.9 Å². The molecule has 130 valence electrons. The summed E-state index contributed by atoms with van der Waals surface area (Å²) >= 11 is 0. The fourth-order valence-electron chi connectivity index (χ4n) is 3.80. The number of para-hydroxylation sites is 1. The number of rotatable bonds is 6. The predicted octanol–water partition coefficient (Wildman–Crippen LogP) is 5.61. The van der Waals surface area contributed by atoms with Crippen molar-refractivity contribution in [3.8, 4) is 5.75 Å². The molecule has 0 aromatic heterocycles. The number of carbonyl (C=O) groups excluding carboxylic acids is 1. The first-order valence-electron chi connectivity index (χ1n) is 9.16. The highest BCUT2D eigenvalue weighted by molar-refractivity contribution is 5.96. The van der Waals surface area contributed by atoms with Crippen molar-refractivity contribution in [2.24, 2.45) is 0 Å². The van der Waals surface area contributed by atoms with E-state index in [2.05, 4.69) is 36.4 Å². The first-order valence-corrected chi connectivity index (χ1v) is 9.16. The number of ether oxygens (including phenoxy) is 1. The Morgan fingerprint density at radius 3 is 2.31 bits per heavy atom. The molecule has 3 aromatic carbocycles. The zero-order valence-electron chi connectivity index (χ0n) is 14.7. The van der Waals surface area contributed by atoms with Crippen LogP contribution in [-0.4, -0.2) is 12.4 Å². The lowest BCUT2D eigenvalue weighted by Gasteiger charge is -2.20. The van der Waals surface area contributed by atoms with Gasteiger partial charge in [0, 0.05) is 23.5 Å². The van der Waals surface area contributed by atoms with E-state index < -0.39 is 0 Å². The molecular formula is C24H22O2. The third-order valence-electron chi connectivity index (χ3n) is 5.17. The Labute approximate surface area is 154 Å². The van der Waals surface area contributed by atoms with Crippen molar-refractivity contribution in [3.63, 3.8) is 0 Å². The van der Waals surface area contributed by atoms with Crippen LogP contribution in [-0.2, 0) is 0 Å². The lowest BCUT2D eigenvalue weighted by Crippen LogP contribution is -2.12. The minimum Gasteiger partial charge on any atom is -0.493 e. The van der Waals surface area contributed by atoms with Crippen LogP contribution >= 0.6 is 0 Å². The second-order valence-electron chi connectivity index (χ2n) is 6.88. The number of hydrogen-bond donors (Lipinski definition) is 0. The molecule has 3 aromatic rings. The standard InChI is InChI=1S/C24H22O2/c25-23(19-11-5-2-6-12-19)16-20(18-9-3-1-4-10-18)15-21-17-26-24-14-8-7-13-22(21)24/h1-14,20-21H,15-17H2. The first kappa shape index (κ1) is 16.6. The molecule has 4 rings (SSSR count). The molecule has 2 unspecified atom stereocenters. The van der Waals surface area contributed by atoms with Gasteiger partial charge < -0.3 is 4.74 Å². The average Bonchev–Trinajstić information content (AvgIpc) is 3.12. The van der Waals surface area contributed by atoms with Crippen molar-refractivity contribution >= 4 is 5.78 Å². The van der Waals surface area contributed by atoms with Crippen molar-refractivity contribution in [2.75, 3.05) is 6.61 Å². The molecule has 26 heavy (non-hydrogen) atoms. The van der Waals surface area contributed by atoms with Crippen molar-refractivity contribution < 1.29 is 9.53 Å². The second kappa shape index (κ2) is 7.57. The maximum Gasteiger partial charge on any atom is 0.163 e. The van der Waals surface area contributed by atoms with Crippen LogP contribution in [0.25, 0.3) is 0 Å². The Bertz CT molecular complexity index is 871. The van der Waals surface area contributed by atoms with Gasteiger partial charge >= 0.3 is 0 Å². The minimum atomic E-state index is 0.184. The van der Waals surface area contributed by atoms with Crippen molar-refractivity contribution in [3.05, 3.63) is 102 Å². The fourth-order valence-corrected chi connectivity index (χ4v) is 3.80. The molecule has 2 atom stereocenters. The second-order valence-corrected chi connectivity index (χ2v) is 6.88. The van der Waals surface area contributed by atoms with Crippen molar-refractivity contribution in [1.82, 2.24) is 0 Å². The molecular weight excluding hydrogens is 320 g/mol. The zero-order chi connectivity index (χ0) is 17.8. The van der Waals surface area contributed by atoms with E-state index in [4.69, 9.17) is 4.74 Å². The fraction of sp³-hybridized carbons (Fsp3) is 0.208. The van der Waals surface area contributed by atoms with Gasteiger partial charge in [-0.1, -0.05) is 78.9 Å². The molecule has 2 heteroatoms. The van der Waals surface area contributed by atoms with Gasteiger partial charge in [0.1, 0.15) is 5.75 Å². The Balaban J connectivity index is 1.57. The Hall–Kier alpha value is -2.87. The minimum absolute atomic E-state index is 0.184. The van der Waals surface area contributed by atoms with Gasteiger partial charge in [-0.25, -0.2) is 0 Å².